The maximum absolute atomic E-state index is 5.96. The van der Waals surface area contributed by atoms with Crippen LogP contribution in [0.3, 0.4) is 0 Å². The van der Waals surface area contributed by atoms with Crippen molar-refractivity contribution >= 4 is 17.2 Å². The van der Waals surface area contributed by atoms with Crippen molar-refractivity contribution in [1.82, 2.24) is 19.6 Å². The summed E-state index contributed by atoms with van der Waals surface area (Å²) in [5, 5.41) is 4.24. The smallest absolute Gasteiger partial charge is 0.137 e. The van der Waals surface area contributed by atoms with Gasteiger partial charge in [0.05, 0.1) is 10.7 Å². The summed E-state index contributed by atoms with van der Waals surface area (Å²) < 4.78 is 1.97. The van der Waals surface area contributed by atoms with E-state index in [0.29, 0.717) is 0 Å². The van der Waals surface area contributed by atoms with Crippen molar-refractivity contribution in [3.05, 3.63) is 35.2 Å². The quantitative estimate of drug-likeness (QED) is 0.929. The van der Waals surface area contributed by atoms with E-state index in [4.69, 9.17) is 11.6 Å². The van der Waals surface area contributed by atoms with E-state index >= 15 is 0 Å². The molecule has 102 valence electrons. The minimum atomic E-state index is 0.735. The van der Waals surface area contributed by atoms with Crippen LogP contribution in [0.5, 0.6) is 0 Å². The van der Waals surface area contributed by atoms with E-state index in [1.807, 2.05) is 28.9 Å². The van der Waals surface area contributed by atoms with Crippen molar-refractivity contribution in [2.24, 2.45) is 5.92 Å². The highest BCUT2D eigenvalue weighted by molar-refractivity contribution is 6.30. The number of imidazole rings is 1. The van der Waals surface area contributed by atoms with Crippen LogP contribution in [0, 0.1) is 5.92 Å². The summed E-state index contributed by atoms with van der Waals surface area (Å²) in [6, 6.07) is 3.81. The van der Waals surface area contributed by atoms with Crippen LogP contribution in [0.25, 0.3) is 5.65 Å². The van der Waals surface area contributed by atoms with Crippen molar-refractivity contribution in [2.45, 2.75) is 13.0 Å². The molecule has 1 unspecified atom stereocenters. The van der Waals surface area contributed by atoms with E-state index in [-0.39, 0.29) is 0 Å². The summed E-state index contributed by atoms with van der Waals surface area (Å²) in [6.45, 7) is 4.31. The normalized spacial score (nSPS) is 20.4. The molecule has 0 amide bonds. The van der Waals surface area contributed by atoms with Gasteiger partial charge in [0.1, 0.15) is 5.65 Å². The van der Waals surface area contributed by atoms with Crippen LogP contribution in [0.4, 0.5) is 0 Å². The number of aromatic nitrogens is 2. The van der Waals surface area contributed by atoms with Crippen molar-refractivity contribution in [1.29, 1.82) is 0 Å². The van der Waals surface area contributed by atoms with Gasteiger partial charge in [-0.05, 0) is 44.6 Å². The average molecular weight is 279 g/mol. The van der Waals surface area contributed by atoms with E-state index in [1.165, 1.54) is 19.5 Å². The first-order valence-electron chi connectivity index (χ1n) is 6.73. The lowest BCUT2D eigenvalue weighted by molar-refractivity contribution is 0.388. The molecule has 1 aliphatic rings. The lowest BCUT2D eigenvalue weighted by atomic mass is 10.1. The Labute approximate surface area is 118 Å². The molecular weight excluding hydrogens is 260 g/mol. The Morgan fingerprint density at radius 1 is 1.42 bits per heavy atom. The summed E-state index contributed by atoms with van der Waals surface area (Å²) in [5.41, 5.74) is 2.01. The minimum Gasteiger partial charge on any atom is -0.311 e. The van der Waals surface area contributed by atoms with E-state index in [1.54, 1.807) is 0 Å². The van der Waals surface area contributed by atoms with Gasteiger partial charge in [-0.25, -0.2) is 4.98 Å². The predicted octanol–water partition coefficient (Wildman–Crippen LogP) is 2.03. The standard InChI is InChI=1S/C14H19ClN4/c1-18-5-4-11(8-18)6-16-7-13-10-19-9-12(15)2-3-14(19)17-13/h2-3,9-11,16H,4-8H2,1H3. The molecule has 5 heteroatoms. The van der Waals surface area contributed by atoms with E-state index in [2.05, 4.69) is 22.2 Å². The van der Waals surface area contributed by atoms with E-state index < -0.39 is 0 Å². The fraction of sp³-hybridized carbons (Fsp3) is 0.500. The fourth-order valence-corrected chi connectivity index (χ4v) is 2.87. The van der Waals surface area contributed by atoms with Gasteiger partial charge in [0.25, 0.3) is 0 Å². The molecule has 2 aromatic heterocycles. The lowest BCUT2D eigenvalue weighted by Gasteiger charge is -2.10. The zero-order chi connectivity index (χ0) is 13.2. The molecule has 0 saturated carbocycles. The molecule has 0 aliphatic carbocycles. The number of rotatable bonds is 4. The number of hydrogen-bond donors (Lipinski definition) is 1. The van der Waals surface area contributed by atoms with Crippen LogP contribution in [0.1, 0.15) is 12.1 Å². The Kier molecular flexibility index (Phi) is 3.73. The monoisotopic (exact) mass is 278 g/mol. The summed E-state index contributed by atoms with van der Waals surface area (Å²) >= 11 is 5.96. The SMILES string of the molecule is CN1CCC(CNCc2cn3cc(Cl)ccc3n2)C1. The molecular formula is C14H19ClN4. The molecule has 0 aromatic carbocycles. The first-order chi connectivity index (χ1) is 9.20. The second kappa shape index (κ2) is 5.49. The molecule has 0 spiro atoms. The van der Waals surface area contributed by atoms with Gasteiger partial charge in [0.15, 0.2) is 0 Å². The van der Waals surface area contributed by atoms with E-state index in [9.17, 15) is 0 Å². The van der Waals surface area contributed by atoms with Gasteiger partial charge >= 0.3 is 0 Å². The second-order valence-corrected chi connectivity index (χ2v) is 5.83. The molecule has 3 rings (SSSR count). The van der Waals surface area contributed by atoms with Crippen LogP contribution in [0.2, 0.25) is 5.02 Å². The lowest BCUT2D eigenvalue weighted by Crippen LogP contribution is -2.24. The third kappa shape index (κ3) is 3.08. The highest BCUT2D eigenvalue weighted by atomic mass is 35.5. The largest absolute Gasteiger partial charge is 0.311 e. The minimum absolute atomic E-state index is 0.735. The maximum atomic E-state index is 5.96. The van der Waals surface area contributed by atoms with Crippen molar-refractivity contribution in [3.63, 3.8) is 0 Å². The molecule has 4 nitrogen and oxygen atoms in total. The zero-order valence-corrected chi connectivity index (χ0v) is 11.9. The Bertz CT molecular complexity index is 566. The Hall–Kier alpha value is -1.10. The van der Waals surface area contributed by atoms with Crippen molar-refractivity contribution in [2.75, 3.05) is 26.7 Å². The number of fused-ring (bicyclic) bond motifs is 1. The molecule has 0 bridgehead atoms. The molecule has 2 aromatic rings. The first kappa shape index (κ1) is 12.9. The molecule has 1 atom stereocenters. The fourth-order valence-electron chi connectivity index (χ4n) is 2.70. The number of pyridine rings is 1. The molecule has 3 heterocycles. The van der Waals surface area contributed by atoms with Crippen molar-refractivity contribution in [3.8, 4) is 0 Å². The molecule has 19 heavy (non-hydrogen) atoms. The summed E-state index contributed by atoms with van der Waals surface area (Å²) in [6.07, 6.45) is 5.22. The number of nitrogens with one attached hydrogen (secondary N) is 1. The molecule has 0 radical (unpaired) electrons. The van der Waals surface area contributed by atoms with Gasteiger partial charge in [0, 0.05) is 25.5 Å². The second-order valence-electron chi connectivity index (χ2n) is 5.39. The Balaban J connectivity index is 1.56. The van der Waals surface area contributed by atoms with Gasteiger partial charge in [0.2, 0.25) is 0 Å². The average Bonchev–Trinajstić information content (AvgIpc) is 2.95. The number of hydrogen-bond acceptors (Lipinski definition) is 3. The highest BCUT2D eigenvalue weighted by Crippen LogP contribution is 2.14. The summed E-state index contributed by atoms with van der Waals surface area (Å²) in [5.74, 6) is 0.775. The van der Waals surface area contributed by atoms with Crippen LogP contribution in [-0.4, -0.2) is 41.0 Å². The van der Waals surface area contributed by atoms with Crippen molar-refractivity contribution < 1.29 is 0 Å². The summed E-state index contributed by atoms with van der Waals surface area (Å²) in [4.78, 5) is 6.95. The van der Waals surface area contributed by atoms with Gasteiger partial charge in [-0.3, -0.25) is 0 Å². The number of nitrogens with zero attached hydrogens (tertiary/aromatic N) is 3. The maximum Gasteiger partial charge on any atom is 0.137 e. The topological polar surface area (TPSA) is 32.6 Å². The van der Waals surface area contributed by atoms with Crippen LogP contribution in [0.15, 0.2) is 24.5 Å². The van der Waals surface area contributed by atoms with Crippen LogP contribution in [-0.2, 0) is 6.54 Å². The molecule has 1 aliphatic heterocycles. The van der Waals surface area contributed by atoms with Gasteiger partial charge in [-0.2, -0.15) is 0 Å². The van der Waals surface area contributed by atoms with Gasteiger partial charge in [-0.15, -0.1) is 0 Å². The van der Waals surface area contributed by atoms with Gasteiger partial charge in [-0.1, -0.05) is 11.6 Å². The first-order valence-corrected chi connectivity index (χ1v) is 7.11. The number of likely N-dealkylation sites (tertiary alicyclic amines) is 1. The predicted molar refractivity (Wildman–Crippen MR) is 77.5 cm³/mol. The molecule has 1 fully saturated rings. The zero-order valence-electron chi connectivity index (χ0n) is 11.1. The Morgan fingerprint density at radius 3 is 3.11 bits per heavy atom. The van der Waals surface area contributed by atoms with E-state index in [0.717, 1.165) is 35.4 Å². The van der Waals surface area contributed by atoms with Gasteiger partial charge < -0.3 is 14.6 Å². The third-order valence-electron chi connectivity index (χ3n) is 3.69. The third-order valence-corrected chi connectivity index (χ3v) is 3.92. The molecule has 1 saturated heterocycles. The Morgan fingerprint density at radius 2 is 2.32 bits per heavy atom. The summed E-state index contributed by atoms with van der Waals surface area (Å²) in [7, 11) is 2.19. The number of halogens is 1. The highest BCUT2D eigenvalue weighted by Gasteiger charge is 2.18. The molecule has 1 N–H and O–H groups in total. The van der Waals surface area contributed by atoms with Crippen LogP contribution < -0.4 is 5.32 Å². The van der Waals surface area contributed by atoms with Crippen LogP contribution >= 0.6 is 11.6 Å².